The maximum atomic E-state index is 2.55. The second-order valence-corrected chi connectivity index (χ2v) is 5.75. The van der Waals surface area contributed by atoms with E-state index in [4.69, 9.17) is 0 Å². The Labute approximate surface area is 88.8 Å². The minimum absolute atomic E-state index is 0.900. The van der Waals surface area contributed by atoms with Gasteiger partial charge in [0.2, 0.25) is 0 Å². The Kier molecular flexibility index (Phi) is 2.72. The van der Waals surface area contributed by atoms with Crippen molar-refractivity contribution in [2.45, 2.75) is 47.0 Å². The summed E-state index contributed by atoms with van der Waals surface area (Å²) in [6, 6.07) is 0. The van der Waals surface area contributed by atoms with Crippen molar-refractivity contribution in [3.63, 3.8) is 0 Å². The number of hydrogen-bond donors (Lipinski definition) is 0. The lowest BCUT2D eigenvalue weighted by molar-refractivity contribution is 0.138. The van der Waals surface area contributed by atoms with E-state index >= 15 is 0 Å². The molecule has 0 spiro atoms. The molecule has 1 saturated carbocycles. The van der Waals surface area contributed by atoms with Gasteiger partial charge in [-0.1, -0.05) is 39.3 Å². The van der Waals surface area contributed by atoms with Gasteiger partial charge in [0, 0.05) is 0 Å². The molecule has 0 aromatic rings. The van der Waals surface area contributed by atoms with Gasteiger partial charge >= 0.3 is 0 Å². The molecule has 0 amide bonds. The average Bonchev–Trinajstić information content (AvgIpc) is 2.17. The lowest BCUT2D eigenvalue weighted by atomic mass is 9.61. The van der Waals surface area contributed by atoms with Crippen molar-refractivity contribution < 1.29 is 0 Å². The SMILES string of the molecule is CC1CC=C2CCC(C)C(C)C2C1C. The van der Waals surface area contributed by atoms with Gasteiger partial charge < -0.3 is 0 Å². The van der Waals surface area contributed by atoms with Gasteiger partial charge in [-0.2, -0.15) is 0 Å². The summed E-state index contributed by atoms with van der Waals surface area (Å²) < 4.78 is 0. The van der Waals surface area contributed by atoms with Gasteiger partial charge in [-0.3, -0.25) is 0 Å². The van der Waals surface area contributed by atoms with Crippen LogP contribution in [-0.2, 0) is 0 Å². The van der Waals surface area contributed by atoms with E-state index in [-0.39, 0.29) is 0 Å². The van der Waals surface area contributed by atoms with E-state index in [0.29, 0.717) is 0 Å². The smallest absolute Gasteiger partial charge is 0.0147 e. The van der Waals surface area contributed by atoms with Crippen molar-refractivity contribution in [1.82, 2.24) is 0 Å². The molecule has 2 rings (SSSR count). The standard InChI is InChI=1S/C14H24/c1-9-5-7-13-8-6-10(2)12(4)14(13)11(9)3/h7,9-12,14H,5-6,8H2,1-4H3. The van der Waals surface area contributed by atoms with E-state index < -0.39 is 0 Å². The monoisotopic (exact) mass is 192 g/mol. The van der Waals surface area contributed by atoms with Gasteiger partial charge in [-0.15, -0.1) is 0 Å². The highest BCUT2D eigenvalue weighted by Crippen LogP contribution is 2.47. The van der Waals surface area contributed by atoms with Crippen LogP contribution in [0.5, 0.6) is 0 Å². The van der Waals surface area contributed by atoms with Crippen molar-refractivity contribution in [1.29, 1.82) is 0 Å². The molecule has 0 nitrogen and oxygen atoms in total. The van der Waals surface area contributed by atoms with E-state index in [1.165, 1.54) is 19.3 Å². The molecule has 5 atom stereocenters. The van der Waals surface area contributed by atoms with Crippen LogP contribution in [0.2, 0.25) is 0 Å². The number of hydrogen-bond acceptors (Lipinski definition) is 0. The quantitative estimate of drug-likeness (QED) is 0.503. The molecule has 14 heavy (non-hydrogen) atoms. The van der Waals surface area contributed by atoms with Crippen LogP contribution in [0.4, 0.5) is 0 Å². The molecule has 1 fully saturated rings. The third kappa shape index (κ3) is 1.53. The fourth-order valence-electron chi connectivity index (χ4n) is 3.48. The molecule has 2 aliphatic carbocycles. The average molecular weight is 192 g/mol. The minimum atomic E-state index is 0.900. The van der Waals surface area contributed by atoms with Crippen LogP contribution in [0.1, 0.15) is 47.0 Å². The van der Waals surface area contributed by atoms with Crippen molar-refractivity contribution in [3.05, 3.63) is 11.6 Å². The Bertz CT molecular complexity index is 238. The van der Waals surface area contributed by atoms with Crippen LogP contribution >= 0.6 is 0 Å². The Balaban J connectivity index is 2.24. The topological polar surface area (TPSA) is 0 Å². The highest BCUT2D eigenvalue weighted by atomic mass is 14.4. The molecule has 80 valence electrons. The molecule has 0 radical (unpaired) electrons. The molecule has 5 unspecified atom stereocenters. The zero-order valence-electron chi connectivity index (χ0n) is 10.1. The molecule has 0 N–H and O–H groups in total. The summed E-state index contributed by atoms with van der Waals surface area (Å²) in [6.07, 6.45) is 6.68. The van der Waals surface area contributed by atoms with Gasteiger partial charge in [-0.05, 0) is 48.9 Å². The summed E-state index contributed by atoms with van der Waals surface area (Å²) in [7, 11) is 0. The molecule has 2 aliphatic rings. The summed E-state index contributed by atoms with van der Waals surface area (Å²) in [6.45, 7) is 9.80. The lowest BCUT2D eigenvalue weighted by Crippen LogP contribution is -2.35. The zero-order chi connectivity index (χ0) is 10.3. The molecule has 0 aliphatic heterocycles. The first-order chi connectivity index (χ1) is 6.61. The lowest BCUT2D eigenvalue weighted by Gasteiger charge is -2.44. The predicted octanol–water partition coefficient (Wildman–Crippen LogP) is 4.27. The maximum absolute atomic E-state index is 2.55. The molecule has 0 heteroatoms. The third-order valence-electron chi connectivity index (χ3n) is 5.00. The number of allylic oxidation sites excluding steroid dienone is 2. The molecular weight excluding hydrogens is 168 g/mol. The van der Waals surface area contributed by atoms with Crippen LogP contribution in [0.15, 0.2) is 11.6 Å². The first-order valence-electron chi connectivity index (χ1n) is 6.30. The second kappa shape index (κ2) is 3.72. The first-order valence-corrected chi connectivity index (χ1v) is 6.30. The first kappa shape index (κ1) is 10.3. The third-order valence-corrected chi connectivity index (χ3v) is 5.00. The van der Waals surface area contributed by atoms with Crippen molar-refractivity contribution in [3.8, 4) is 0 Å². The van der Waals surface area contributed by atoms with Crippen LogP contribution in [0, 0.1) is 29.6 Å². The fraction of sp³-hybridized carbons (Fsp3) is 0.857. The fourth-order valence-corrected chi connectivity index (χ4v) is 3.48. The molecule has 0 bridgehead atoms. The van der Waals surface area contributed by atoms with Crippen LogP contribution in [0.3, 0.4) is 0 Å². The molecule has 0 aromatic carbocycles. The van der Waals surface area contributed by atoms with Gasteiger partial charge in [0.15, 0.2) is 0 Å². The minimum Gasteiger partial charge on any atom is -0.0848 e. The summed E-state index contributed by atoms with van der Waals surface area (Å²) in [4.78, 5) is 0. The summed E-state index contributed by atoms with van der Waals surface area (Å²) in [5, 5.41) is 0. The highest BCUT2D eigenvalue weighted by Gasteiger charge is 2.37. The second-order valence-electron chi connectivity index (χ2n) is 5.75. The van der Waals surface area contributed by atoms with Gasteiger partial charge in [-0.25, -0.2) is 0 Å². The maximum Gasteiger partial charge on any atom is -0.0147 e. The normalized spacial score (nSPS) is 48.3. The van der Waals surface area contributed by atoms with Crippen molar-refractivity contribution in [2.24, 2.45) is 29.6 Å². The summed E-state index contributed by atoms with van der Waals surface area (Å²) in [5.41, 5.74) is 1.79. The van der Waals surface area contributed by atoms with Crippen molar-refractivity contribution >= 4 is 0 Å². The van der Waals surface area contributed by atoms with E-state index in [0.717, 1.165) is 29.6 Å². The van der Waals surface area contributed by atoms with Gasteiger partial charge in [0.1, 0.15) is 0 Å². The van der Waals surface area contributed by atoms with Gasteiger partial charge in [0.05, 0.1) is 0 Å². The van der Waals surface area contributed by atoms with E-state index in [1.54, 1.807) is 5.57 Å². The summed E-state index contributed by atoms with van der Waals surface area (Å²) in [5.74, 6) is 4.56. The van der Waals surface area contributed by atoms with Crippen LogP contribution in [-0.4, -0.2) is 0 Å². The van der Waals surface area contributed by atoms with Crippen LogP contribution < -0.4 is 0 Å². The molecule has 0 saturated heterocycles. The number of rotatable bonds is 0. The molecular formula is C14H24. The van der Waals surface area contributed by atoms with Crippen molar-refractivity contribution in [2.75, 3.05) is 0 Å². The predicted molar refractivity (Wildman–Crippen MR) is 62.1 cm³/mol. The number of fused-ring (bicyclic) bond motifs is 1. The zero-order valence-corrected chi connectivity index (χ0v) is 10.1. The van der Waals surface area contributed by atoms with E-state index in [2.05, 4.69) is 33.8 Å². The van der Waals surface area contributed by atoms with Gasteiger partial charge in [0.25, 0.3) is 0 Å². The Morgan fingerprint density at radius 3 is 2.36 bits per heavy atom. The highest BCUT2D eigenvalue weighted by molar-refractivity contribution is 5.16. The van der Waals surface area contributed by atoms with E-state index in [1.807, 2.05) is 0 Å². The molecule has 0 aromatic heterocycles. The largest absolute Gasteiger partial charge is 0.0848 e. The summed E-state index contributed by atoms with van der Waals surface area (Å²) >= 11 is 0. The molecule has 0 heterocycles. The van der Waals surface area contributed by atoms with E-state index in [9.17, 15) is 0 Å². The Morgan fingerprint density at radius 1 is 1.00 bits per heavy atom. The Hall–Kier alpha value is -0.260. The van der Waals surface area contributed by atoms with Crippen LogP contribution in [0.25, 0.3) is 0 Å². The Morgan fingerprint density at radius 2 is 1.64 bits per heavy atom.